The molecule has 1 aliphatic heterocycles. The van der Waals surface area contributed by atoms with Gasteiger partial charge in [-0.2, -0.15) is 0 Å². The molecule has 0 bridgehead atoms. The molecular weight excluding hydrogens is 298 g/mol. The van der Waals surface area contributed by atoms with E-state index in [1.165, 1.54) is 36.8 Å². The van der Waals surface area contributed by atoms with Crippen LogP contribution in [0.3, 0.4) is 0 Å². The molecule has 24 heavy (non-hydrogen) atoms. The van der Waals surface area contributed by atoms with E-state index in [0.717, 1.165) is 25.1 Å². The van der Waals surface area contributed by atoms with E-state index in [2.05, 4.69) is 53.0 Å². The summed E-state index contributed by atoms with van der Waals surface area (Å²) in [7, 11) is 0. The van der Waals surface area contributed by atoms with Gasteiger partial charge in [0.25, 0.3) is 0 Å². The molecule has 1 amide bonds. The number of carbonyl (C=O) groups is 1. The largest absolute Gasteiger partial charge is 0.352 e. The SMILES string of the molecule is CC[C@H](CN1CCCC1)NC(=O)Cc1cn(CC)c2ccccc12. The molecule has 2 heterocycles. The highest BCUT2D eigenvalue weighted by molar-refractivity contribution is 5.89. The summed E-state index contributed by atoms with van der Waals surface area (Å²) in [6.45, 7) is 8.56. The Morgan fingerprint density at radius 3 is 2.67 bits per heavy atom. The third kappa shape index (κ3) is 3.81. The van der Waals surface area contributed by atoms with Crippen molar-refractivity contribution < 1.29 is 4.79 Å². The van der Waals surface area contributed by atoms with Crippen LogP contribution in [0.5, 0.6) is 0 Å². The van der Waals surface area contributed by atoms with Gasteiger partial charge in [0.2, 0.25) is 5.91 Å². The molecule has 0 radical (unpaired) electrons. The van der Waals surface area contributed by atoms with E-state index in [-0.39, 0.29) is 11.9 Å². The fourth-order valence-corrected chi connectivity index (χ4v) is 3.73. The zero-order valence-corrected chi connectivity index (χ0v) is 14.9. The molecule has 1 saturated heterocycles. The van der Waals surface area contributed by atoms with Gasteiger partial charge >= 0.3 is 0 Å². The van der Waals surface area contributed by atoms with E-state index in [1.807, 2.05) is 6.07 Å². The molecule has 1 aromatic carbocycles. The molecule has 130 valence electrons. The summed E-state index contributed by atoms with van der Waals surface area (Å²) in [4.78, 5) is 15.0. The monoisotopic (exact) mass is 327 g/mol. The van der Waals surface area contributed by atoms with Crippen molar-refractivity contribution in [1.82, 2.24) is 14.8 Å². The van der Waals surface area contributed by atoms with Crippen molar-refractivity contribution >= 4 is 16.8 Å². The maximum Gasteiger partial charge on any atom is 0.224 e. The average Bonchev–Trinajstić information content (AvgIpc) is 3.22. The van der Waals surface area contributed by atoms with Gasteiger partial charge in [0, 0.05) is 36.2 Å². The predicted octanol–water partition coefficient (Wildman–Crippen LogP) is 3.19. The third-order valence-electron chi connectivity index (χ3n) is 5.10. The second-order valence-corrected chi connectivity index (χ2v) is 6.81. The number of benzene rings is 1. The Balaban J connectivity index is 1.65. The van der Waals surface area contributed by atoms with E-state index in [1.54, 1.807) is 0 Å². The van der Waals surface area contributed by atoms with Crippen molar-refractivity contribution in [3.05, 3.63) is 36.0 Å². The smallest absolute Gasteiger partial charge is 0.224 e. The van der Waals surface area contributed by atoms with Gasteiger partial charge < -0.3 is 14.8 Å². The summed E-state index contributed by atoms with van der Waals surface area (Å²) in [5.74, 6) is 0.139. The van der Waals surface area contributed by atoms with Crippen LogP contribution in [0.4, 0.5) is 0 Å². The highest BCUT2D eigenvalue weighted by Crippen LogP contribution is 2.21. The first-order valence-electron chi connectivity index (χ1n) is 9.29. The molecule has 1 atom stereocenters. The lowest BCUT2D eigenvalue weighted by Gasteiger charge is -2.23. The van der Waals surface area contributed by atoms with Crippen molar-refractivity contribution in [1.29, 1.82) is 0 Å². The van der Waals surface area contributed by atoms with Gasteiger partial charge in [-0.05, 0) is 50.9 Å². The summed E-state index contributed by atoms with van der Waals surface area (Å²) < 4.78 is 2.22. The van der Waals surface area contributed by atoms with E-state index < -0.39 is 0 Å². The molecule has 1 N–H and O–H groups in total. The van der Waals surface area contributed by atoms with Crippen LogP contribution in [0.25, 0.3) is 10.9 Å². The first-order valence-corrected chi connectivity index (χ1v) is 9.29. The number of fused-ring (bicyclic) bond motifs is 1. The van der Waals surface area contributed by atoms with Gasteiger partial charge in [0.05, 0.1) is 6.42 Å². The average molecular weight is 327 g/mol. The van der Waals surface area contributed by atoms with E-state index in [4.69, 9.17) is 0 Å². The Labute approximate surface area is 144 Å². The van der Waals surface area contributed by atoms with Crippen LogP contribution in [0.15, 0.2) is 30.5 Å². The van der Waals surface area contributed by atoms with E-state index in [0.29, 0.717) is 6.42 Å². The van der Waals surface area contributed by atoms with Crippen molar-refractivity contribution in [2.75, 3.05) is 19.6 Å². The number of likely N-dealkylation sites (tertiary alicyclic amines) is 1. The lowest BCUT2D eigenvalue weighted by Crippen LogP contribution is -2.43. The number of para-hydroxylation sites is 1. The first-order chi connectivity index (χ1) is 11.7. The minimum Gasteiger partial charge on any atom is -0.352 e. The zero-order chi connectivity index (χ0) is 16.9. The van der Waals surface area contributed by atoms with Crippen molar-refractivity contribution in [3.63, 3.8) is 0 Å². The number of rotatable bonds is 7. The quantitative estimate of drug-likeness (QED) is 0.848. The molecule has 1 aromatic heterocycles. The number of hydrogen-bond donors (Lipinski definition) is 1. The number of aryl methyl sites for hydroxylation is 1. The highest BCUT2D eigenvalue weighted by Gasteiger charge is 2.19. The van der Waals surface area contributed by atoms with Crippen molar-refractivity contribution in [2.24, 2.45) is 0 Å². The van der Waals surface area contributed by atoms with E-state index >= 15 is 0 Å². The van der Waals surface area contributed by atoms with Crippen LogP contribution in [-0.2, 0) is 17.8 Å². The lowest BCUT2D eigenvalue weighted by atomic mass is 10.1. The lowest BCUT2D eigenvalue weighted by molar-refractivity contribution is -0.121. The van der Waals surface area contributed by atoms with Crippen LogP contribution in [-0.4, -0.2) is 41.1 Å². The Hall–Kier alpha value is -1.81. The first kappa shape index (κ1) is 17.0. The maximum atomic E-state index is 12.6. The van der Waals surface area contributed by atoms with Gasteiger partial charge in [-0.1, -0.05) is 25.1 Å². The zero-order valence-electron chi connectivity index (χ0n) is 14.9. The van der Waals surface area contributed by atoms with E-state index in [9.17, 15) is 4.79 Å². The minimum atomic E-state index is 0.139. The molecule has 1 aliphatic rings. The number of nitrogens with zero attached hydrogens (tertiary/aromatic N) is 2. The Bertz CT molecular complexity index is 685. The van der Waals surface area contributed by atoms with Crippen LogP contribution < -0.4 is 5.32 Å². The van der Waals surface area contributed by atoms with Gasteiger partial charge in [-0.3, -0.25) is 4.79 Å². The fraction of sp³-hybridized carbons (Fsp3) is 0.550. The molecule has 2 aromatic rings. The molecule has 4 nitrogen and oxygen atoms in total. The Kier molecular flexibility index (Phi) is 5.56. The summed E-state index contributed by atoms with van der Waals surface area (Å²) >= 11 is 0. The number of hydrogen-bond acceptors (Lipinski definition) is 2. The second kappa shape index (κ2) is 7.84. The second-order valence-electron chi connectivity index (χ2n) is 6.81. The molecule has 0 unspecified atom stereocenters. The molecule has 4 heteroatoms. The standard InChI is InChI=1S/C20H29N3O/c1-3-17(15-22-11-7-8-12-22)21-20(24)13-16-14-23(4-2)19-10-6-5-9-18(16)19/h5-6,9-10,14,17H,3-4,7-8,11-13,15H2,1-2H3,(H,21,24)/t17-/m1/s1. The number of aromatic nitrogens is 1. The maximum absolute atomic E-state index is 12.6. The number of nitrogens with one attached hydrogen (secondary N) is 1. The molecule has 0 spiro atoms. The molecular formula is C20H29N3O. The van der Waals surface area contributed by atoms with Crippen molar-refractivity contribution in [3.8, 4) is 0 Å². The number of carbonyl (C=O) groups excluding carboxylic acids is 1. The van der Waals surface area contributed by atoms with Crippen LogP contribution in [0.1, 0.15) is 38.7 Å². The molecule has 3 rings (SSSR count). The van der Waals surface area contributed by atoms with Gasteiger partial charge in [-0.25, -0.2) is 0 Å². The number of amides is 1. The molecule has 0 aliphatic carbocycles. The third-order valence-corrected chi connectivity index (χ3v) is 5.10. The molecule has 1 fully saturated rings. The summed E-state index contributed by atoms with van der Waals surface area (Å²) in [5.41, 5.74) is 2.34. The highest BCUT2D eigenvalue weighted by atomic mass is 16.1. The minimum absolute atomic E-state index is 0.139. The van der Waals surface area contributed by atoms with Crippen molar-refractivity contribution in [2.45, 2.75) is 52.1 Å². The summed E-state index contributed by atoms with van der Waals surface area (Å²) in [6, 6.07) is 8.61. The Morgan fingerprint density at radius 2 is 1.96 bits per heavy atom. The summed E-state index contributed by atoms with van der Waals surface area (Å²) in [5, 5.41) is 4.44. The van der Waals surface area contributed by atoms with Crippen LogP contribution >= 0.6 is 0 Å². The van der Waals surface area contributed by atoms with Gasteiger partial charge in [0.15, 0.2) is 0 Å². The van der Waals surface area contributed by atoms with Gasteiger partial charge in [-0.15, -0.1) is 0 Å². The molecule has 0 saturated carbocycles. The normalized spacial score (nSPS) is 16.6. The topological polar surface area (TPSA) is 37.3 Å². The van der Waals surface area contributed by atoms with Crippen LogP contribution in [0.2, 0.25) is 0 Å². The summed E-state index contributed by atoms with van der Waals surface area (Å²) in [6.07, 6.45) is 6.16. The van der Waals surface area contributed by atoms with Gasteiger partial charge in [0.1, 0.15) is 0 Å². The Morgan fingerprint density at radius 1 is 1.21 bits per heavy atom. The fourth-order valence-electron chi connectivity index (χ4n) is 3.73. The predicted molar refractivity (Wildman–Crippen MR) is 99.2 cm³/mol. The van der Waals surface area contributed by atoms with Crippen LogP contribution in [0, 0.1) is 0 Å².